The topological polar surface area (TPSA) is 52.5 Å². The molecule has 1 aromatic heterocycles. The van der Waals surface area contributed by atoms with E-state index in [1.807, 2.05) is 36.4 Å². The van der Waals surface area contributed by atoms with Gasteiger partial charge in [-0.1, -0.05) is 30.3 Å². The lowest BCUT2D eigenvalue weighted by molar-refractivity contribution is 1.27. The van der Waals surface area contributed by atoms with Gasteiger partial charge in [-0.25, -0.2) is 4.98 Å². The van der Waals surface area contributed by atoms with Crippen molar-refractivity contribution in [3.05, 3.63) is 65.0 Å². The number of rotatable bonds is 2. The number of aromatic amines is 1. The van der Waals surface area contributed by atoms with Gasteiger partial charge >= 0.3 is 0 Å². The maximum absolute atomic E-state index is 9.41. The first-order chi connectivity index (χ1) is 10.2. The van der Waals surface area contributed by atoms with Crippen LogP contribution >= 0.6 is 0 Å². The lowest BCUT2D eigenvalue weighted by Gasteiger charge is -2.01. The number of H-pyrrole nitrogens is 1. The summed E-state index contributed by atoms with van der Waals surface area (Å²) in [5.74, 6) is 0.608. The predicted molar refractivity (Wildman–Crippen MR) is 85.5 cm³/mol. The Morgan fingerprint density at radius 3 is 2.67 bits per heavy atom. The molecule has 3 rings (SSSR count). The highest BCUT2D eigenvalue weighted by Crippen LogP contribution is 2.20. The zero-order valence-corrected chi connectivity index (χ0v) is 12.0. The van der Waals surface area contributed by atoms with Crippen molar-refractivity contribution in [1.82, 2.24) is 9.97 Å². The number of hydrogen-bond donors (Lipinski definition) is 1. The molecule has 0 radical (unpaired) electrons. The SMILES string of the molecule is Cc1ccc(/C=C(/C#N)c2nc3ccccc3[nH]2)cc1C. The van der Waals surface area contributed by atoms with Gasteiger partial charge in [0.1, 0.15) is 11.9 Å². The molecule has 0 atom stereocenters. The molecule has 0 aliphatic heterocycles. The number of para-hydroxylation sites is 2. The molecular formula is C18H15N3. The van der Waals surface area contributed by atoms with Crippen LogP contribution in [0.15, 0.2) is 42.5 Å². The van der Waals surface area contributed by atoms with E-state index in [9.17, 15) is 5.26 Å². The minimum atomic E-state index is 0.537. The zero-order valence-electron chi connectivity index (χ0n) is 12.0. The quantitative estimate of drug-likeness (QED) is 0.710. The third-order valence-electron chi connectivity index (χ3n) is 3.61. The van der Waals surface area contributed by atoms with Crippen LogP contribution in [0, 0.1) is 25.2 Å². The number of allylic oxidation sites excluding steroid dienone is 1. The summed E-state index contributed by atoms with van der Waals surface area (Å²) in [5.41, 5.74) is 5.81. The van der Waals surface area contributed by atoms with Gasteiger partial charge in [-0.15, -0.1) is 0 Å². The molecule has 0 unspecified atom stereocenters. The molecule has 1 heterocycles. The highest BCUT2D eigenvalue weighted by atomic mass is 14.9. The van der Waals surface area contributed by atoms with Gasteiger partial charge in [-0.2, -0.15) is 5.26 Å². The van der Waals surface area contributed by atoms with E-state index in [1.165, 1.54) is 11.1 Å². The zero-order chi connectivity index (χ0) is 14.8. The van der Waals surface area contributed by atoms with Crippen LogP contribution in [0.2, 0.25) is 0 Å². The number of benzene rings is 2. The first kappa shape index (κ1) is 13.1. The largest absolute Gasteiger partial charge is 0.337 e. The van der Waals surface area contributed by atoms with Gasteiger partial charge in [0.25, 0.3) is 0 Å². The number of aryl methyl sites for hydroxylation is 2. The summed E-state index contributed by atoms with van der Waals surface area (Å²) >= 11 is 0. The average molecular weight is 273 g/mol. The summed E-state index contributed by atoms with van der Waals surface area (Å²) in [6.45, 7) is 4.15. The van der Waals surface area contributed by atoms with Crippen LogP contribution in [0.25, 0.3) is 22.7 Å². The second-order valence-corrected chi connectivity index (χ2v) is 5.12. The fourth-order valence-electron chi connectivity index (χ4n) is 2.26. The van der Waals surface area contributed by atoms with Crippen LogP contribution < -0.4 is 0 Å². The summed E-state index contributed by atoms with van der Waals surface area (Å²) in [7, 11) is 0. The summed E-state index contributed by atoms with van der Waals surface area (Å²) in [6.07, 6.45) is 1.87. The van der Waals surface area contributed by atoms with Gasteiger partial charge in [0.2, 0.25) is 0 Å². The van der Waals surface area contributed by atoms with Crippen LogP contribution in [-0.2, 0) is 0 Å². The van der Waals surface area contributed by atoms with Crippen molar-refractivity contribution < 1.29 is 0 Å². The Hall–Kier alpha value is -2.86. The van der Waals surface area contributed by atoms with E-state index in [0.717, 1.165) is 16.6 Å². The van der Waals surface area contributed by atoms with E-state index >= 15 is 0 Å². The molecule has 0 bridgehead atoms. The van der Waals surface area contributed by atoms with Crippen molar-refractivity contribution in [2.24, 2.45) is 0 Å². The van der Waals surface area contributed by atoms with E-state index in [-0.39, 0.29) is 0 Å². The van der Waals surface area contributed by atoms with Crippen molar-refractivity contribution in [3.63, 3.8) is 0 Å². The Balaban J connectivity index is 2.06. The summed E-state index contributed by atoms with van der Waals surface area (Å²) in [5, 5.41) is 9.41. The van der Waals surface area contributed by atoms with Crippen LogP contribution in [-0.4, -0.2) is 9.97 Å². The lowest BCUT2D eigenvalue weighted by Crippen LogP contribution is -1.86. The Bertz CT molecular complexity index is 846. The average Bonchev–Trinajstić information content (AvgIpc) is 2.92. The second kappa shape index (κ2) is 5.26. The molecule has 3 heteroatoms. The maximum Gasteiger partial charge on any atom is 0.149 e. The number of hydrogen-bond acceptors (Lipinski definition) is 2. The number of nitrogens with one attached hydrogen (secondary N) is 1. The fourth-order valence-corrected chi connectivity index (χ4v) is 2.26. The van der Waals surface area contributed by atoms with Gasteiger partial charge in [0, 0.05) is 0 Å². The number of imidazole rings is 1. The van der Waals surface area contributed by atoms with Crippen molar-refractivity contribution in [2.75, 3.05) is 0 Å². The molecule has 0 saturated carbocycles. The van der Waals surface area contributed by atoms with Crippen molar-refractivity contribution >= 4 is 22.7 Å². The summed E-state index contributed by atoms with van der Waals surface area (Å²) in [6, 6.07) is 16.2. The Labute approximate surface area is 123 Å². The maximum atomic E-state index is 9.41. The summed E-state index contributed by atoms with van der Waals surface area (Å²) < 4.78 is 0. The standard InChI is InChI=1S/C18H15N3/c1-12-7-8-14(9-13(12)2)10-15(11-19)18-20-16-5-3-4-6-17(16)21-18/h3-10H,1-2H3,(H,20,21)/b15-10-. The highest BCUT2D eigenvalue weighted by Gasteiger charge is 2.07. The molecule has 3 aromatic rings. The molecular weight excluding hydrogens is 258 g/mol. The van der Waals surface area contributed by atoms with E-state index in [1.54, 1.807) is 0 Å². The molecule has 0 amide bonds. The van der Waals surface area contributed by atoms with Crippen LogP contribution in [0.1, 0.15) is 22.5 Å². The molecule has 2 aromatic carbocycles. The smallest absolute Gasteiger partial charge is 0.149 e. The van der Waals surface area contributed by atoms with Gasteiger partial charge in [0.05, 0.1) is 16.6 Å². The second-order valence-electron chi connectivity index (χ2n) is 5.12. The highest BCUT2D eigenvalue weighted by molar-refractivity contribution is 5.90. The molecule has 21 heavy (non-hydrogen) atoms. The first-order valence-corrected chi connectivity index (χ1v) is 6.81. The van der Waals surface area contributed by atoms with Crippen molar-refractivity contribution in [2.45, 2.75) is 13.8 Å². The van der Waals surface area contributed by atoms with Crippen LogP contribution in [0.5, 0.6) is 0 Å². The minimum Gasteiger partial charge on any atom is -0.337 e. The Kier molecular flexibility index (Phi) is 3.29. The number of fused-ring (bicyclic) bond motifs is 1. The predicted octanol–water partition coefficient (Wildman–Crippen LogP) is 4.24. The third-order valence-corrected chi connectivity index (χ3v) is 3.61. The fraction of sp³-hybridized carbons (Fsp3) is 0.111. The number of nitrogens with zero attached hydrogens (tertiary/aromatic N) is 2. The Morgan fingerprint density at radius 1 is 1.14 bits per heavy atom. The monoisotopic (exact) mass is 273 g/mol. The van der Waals surface area contributed by atoms with Gasteiger partial charge < -0.3 is 4.98 Å². The van der Waals surface area contributed by atoms with Crippen molar-refractivity contribution in [3.8, 4) is 6.07 Å². The molecule has 0 aliphatic carbocycles. The van der Waals surface area contributed by atoms with Crippen LogP contribution in [0.3, 0.4) is 0 Å². The van der Waals surface area contributed by atoms with E-state index < -0.39 is 0 Å². The lowest BCUT2D eigenvalue weighted by atomic mass is 10.0. The van der Waals surface area contributed by atoms with Gasteiger partial charge in [-0.05, 0) is 48.7 Å². The number of aromatic nitrogens is 2. The molecule has 0 aliphatic rings. The Morgan fingerprint density at radius 2 is 1.95 bits per heavy atom. The summed E-state index contributed by atoms with van der Waals surface area (Å²) in [4.78, 5) is 7.66. The van der Waals surface area contributed by atoms with Crippen LogP contribution in [0.4, 0.5) is 0 Å². The van der Waals surface area contributed by atoms with E-state index in [4.69, 9.17) is 0 Å². The third kappa shape index (κ3) is 2.56. The molecule has 102 valence electrons. The normalized spacial score (nSPS) is 11.6. The van der Waals surface area contributed by atoms with E-state index in [2.05, 4.69) is 42.0 Å². The molecule has 0 spiro atoms. The molecule has 1 N–H and O–H groups in total. The molecule has 0 fully saturated rings. The van der Waals surface area contributed by atoms with Crippen molar-refractivity contribution in [1.29, 1.82) is 5.26 Å². The molecule has 3 nitrogen and oxygen atoms in total. The number of nitriles is 1. The first-order valence-electron chi connectivity index (χ1n) is 6.81. The molecule has 0 saturated heterocycles. The van der Waals surface area contributed by atoms with Gasteiger partial charge in [0.15, 0.2) is 0 Å². The van der Waals surface area contributed by atoms with E-state index in [0.29, 0.717) is 11.4 Å². The minimum absolute atomic E-state index is 0.537. The van der Waals surface area contributed by atoms with Gasteiger partial charge in [-0.3, -0.25) is 0 Å².